The summed E-state index contributed by atoms with van der Waals surface area (Å²) < 4.78 is 11.0. The van der Waals surface area contributed by atoms with E-state index in [0.717, 1.165) is 24.0 Å². The van der Waals surface area contributed by atoms with Crippen LogP contribution in [0.1, 0.15) is 23.7 Å². The van der Waals surface area contributed by atoms with Crippen LogP contribution in [0.3, 0.4) is 0 Å². The highest BCUT2D eigenvalue weighted by Crippen LogP contribution is 2.23. The van der Waals surface area contributed by atoms with Crippen LogP contribution in [-0.2, 0) is 4.74 Å². The number of fused-ring (bicyclic) bond motifs is 1. The zero-order valence-corrected chi connectivity index (χ0v) is 11.8. The quantitative estimate of drug-likeness (QED) is 0.803. The van der Waals surface area contributed by atoms with E-state index in [1.807, 2.05) is 31.3 Å². The Hall–Kier alpha value is -1.65. The number of Topliss-reactive ketones (excluding diaryl/α,β-unsaturated/α-hetero) is 1. The normalized spacial score (nSPS) is 22.8. The van der Waals surface area contributed by atoms with Crippen molar-refractivity contribution in [3.63, 3.8) is 0 Å². The lowest BCUT2D eigenvalue weighted by atomic mass is 10.1. The van der Waals surface area contributed by atoms with Crippen LogP contribution in [0.25, 0.3) is 11.0 Å². The molecule has 2 heterocycles. The van der Waals surface area contributed by atoms with E-state index in [4.69, 9.17) is 9.15 Å². The molecule has 20 heavy (non-hydrogen) atoms. The first-order valence-corrected chi connectivity index (χ1v) is 6.98. The van der Waals surface area contributed by atoms with Gasteiger partial charge in [-0.1, -0.05) is 18.2 Å². The summed E-state index contributed by atoms with van der Waals surface area (Å²) in [6.07, 6.45) is 2.74. The van der Waals surface area contributed by atoms with Crippen LogP contribution in [0.5, 0.6) is 0 Å². The molecule has 106 valence electrons. The van der Waals surface area contributed by atoms with Gasteiger partial charge in [0, 0.05) is 18.0 Å². The molecule has 1 fully saturated rings. The third-order valence-electron chi connectivity index (χ3n) is 4.08. The minimum Gasteiger partial charge on any atom is -0.464 e. The lowest BCUT2D eigenvalue weighted by Gasteiger charge is -2.25. The topological polar surface area (TPSA) is 42.7 Å². The molecule has 4 nitrogen and oxygen atoms in total. The first kappa shape index (κ1) is 13.3. The minimum absolute atomic E-state index is 0.0940. The Morgan fingerprint density at radius 1 is 1.40 bits per heavy atom. The standard InChI is InChI=1S/C16H19NO3/c1-11-14(7-8-19-11)17(2)9-15(18)13-10-20-16-6-4-3-5-12(13)16/h3-6,10-11,14H,7-9H2,1-2H3. The second-order valence-corrected chi connectivity index (χ2v) is 5.42. The summed E-state index contributed by atoms with van der Waals surface area (Å²) in [5, 5.41) is 0.890. The molecule has 1 aromatic carbocycles. The Balaban J connectivity index is 1.76. The molecule has 0 spiro atoms. The van der Waals surface area contributed by atoms with E-state index in [2.05, 4.69) is 11.8 Å². The van der Waals surface area contributed by atoms with E-state index in [9.17, 15) is 4.79 Å². The Morgan fingerprint density at radius 3 is 2.95 bits per heavy atom. The van der Waals surface area contributed by atoms with Gasteiger partial charge in [0.2, 0.25) is 0 Å². The molecule has 3 rings (SSSR count). The fourth-order valence-electron chi connectivity index (χ4n) is 2.92. The average molecular weight is 273 g/mol. The highest BCUT2D eigenvalue weighted by molar-refractivity contribution is 6.08. The van der Waals surface area contributed by atoms with Crippen molar-refractivity contribution < 1.29 is 13.9 Å². The van der Waals surface area contributed by atoms with Gasteiger partial charge in [-0.05, 0) is 26.5 Å². The molecule has 0 bridgehead atoms. The van der Waals surface area contributed by atoms with Crippen LogP contribution >= 0.6 is 0 Å². The first-order chi connectivity index (χ1) is 9.66. The number of hydrogen-bond donors (Lipinski definition) is 0. The molecule has 0 aliphatic carbocycles. The number of para-hydroxylation sites is 1. The third-order valence-corrected chi connectivity index (χ3v) is 4.08. The summed E-state index contributed by atoms with van der Waals surface area (Å²) in [6.45, 7) is 3.23. The molecular formula is C16H19NO3. The molecule has 4 heteroatoms. The maximum Gasteiger partial charge on any atom is 0.180 e. The number of carbonyl (C=O) groups is 1. The number of carbonyl (C=O) groups excluding carboxylic acids is 1. The number of ketones is 1. The van der Waals surface area contributed by atoms with Gasteiger partial charge >= 0.3 is 0 Å². The number of rotatable bonds is 4. The van der Waals surface area contributed by atoms with Crippen LogP contribution in [0.15, 0.2) is 34.9 Å². The predicted molar refractivity (Wildman–Crippen MR) is 77.0 cm³/mol. The van der Waals surface area contributed by atoms with Crippen LogP contribution in [0, 0.1) is 0 Å². The Bertz CT molecular complexity index is 619. The average Bonchev–Trinajstić information content (AvgIpc) is 3.04. The number of hydrogen-bond acceptors (Lipinski definition) is 4. The van der Waals surface area contributed by atoms with Crippen molar-refractivity contribution in [2.75, 3.05) is 20.2 Å². The smallest absolute Gasteiger partial charge is 0.180 e. The lowest BCUT2D eigenvalue weighted by molar-refractivity contribution is 0.0746. The molecule has 1 aliphatic heterocycles. The van der Waals surface area contributed by atoms with Crippen molar-refractivity contribution in [1.29, 1.82) is 0 Å². The van der Waals surface area contributed by atoms with Gasteiger partial charge < -0.3 is 9.15 Å². The van der Waals surface area contributed by atoms with E-state index < -0.39 is 0 Å². The Labute approximate surface area is 118 Å². The predicted octanol–water partition coefficient (Wildman–Crippen LogP) is 2.72. The Morgan fingerprint density at radius 2 is 2.20 bits per heavy atom. The number of likely N-dealkylation sites (N-methyl/N-ethyl adjacent to an activating group) is 1. The van der Waals surface area contributed by atoms with Gasteiger partial charge in [0.1, 0.15) is 11.8 Å². The van der Waals surface area contributed by atoms with Crippen LogP contribution in [-0.4, -0.2) is 43.0 Å². The van der Waals surface area contributed by atoms with Gasteiger partial charge in [-0.2, -0.15) is 0 Å². The monoisotopic (exact) mass is 273 g/mol. The molecule has 1 saturated heterocycles. The second kappa shape index (κ2) is 5.38. The molecule has 2 unspecified atom stereocenters. The highest BCUT2D eigenvalue weighted by Gasteiger charge is 2.29. The molecule has 0 saturated carbocycles. The van der Waals surface area contributed by atoms with Crippen LogP contribution in [0.4, 0.5) is 0 Å². The van der Waals surface area contributed by atoms with Crippen LogP contribution < -0.4 is 0 Å². The molecule has 1 aliphatic rings. The van der Waals surface area contributed by atoms with E-state index in [1.165, 1.54) is 0 Å². The van der Waals surface area contributed by atoms with Gasteiger partial charge in [0.15, 0.2) is 5.78 Å². The highest BCUT2D eigenvalue weighted by atomic mass is 16.5. The van der Waals surface area contributed by atoms with Gasteiger partial charge in [0.05, 0.1) is 18.2 Å². The molecule has 0 radical (unpaired) electrons. The SMILES string of the molecule is CC1OCCC1N(C)CC(=O)c1coc2ccccc12. The van der Waals surface area contributed by atoms with Gasteiger partial charge in [-0.3, -0.25) is 9.69 Å². The third kappa shape index (κ3) is 2.37. The van der Waals surface area contributed by atoms with Crippen molar-refractivity contribution in [2.24, 2.45) is 0 Å². The minimum atomic E-state index is 0.0940. The van der Waals surface area contributed by atoms with Crippen LogP contribution in [0.2, 0.25) is 0 Å². The molecular weight excluding hydrogens is 254 g/mol. The molecule has 2 aromatic rings. The van der Waals surface area contributed by atoms with Gasteiger partial charge in [-0.25, -0.2) is 0 Å². The summed E-state index contributed by atoms with van der Waals surface area (Å²) >= 11 is 0. The molecule has 1 aromatic heterocycles. The van der Waals surface area contributed by atoms with Crippen molar-refractivity contribution in [2.45, 2.75) is 25.5 Å². The van der Waals surface area contributed by atoms with Crippen molar-refractivity contribution in [3.8, 4) is 0 Å². The molecule has 2 atom stereocenters. The van der Waals surface area contributed by atoms with E-state index in [0.29, 0.717) is 18.2 Å². The zero-order chi connectivity index (χ0) is 14.1. The summed E-state index contributed by atoms with van der Waals surface area (Å²) in [4.78, 5) is 14.5. The maximum absolute atomic E-state index is 12.5. The first-order valence-electron chi connectivity index (χ1n) is 6.98. The summed E-state index contributed by atoms with van der Waals surface area (Å²) in [5.74, 6) is 0.0940. The van der Waals surface area contributed by atoms with Gasteiger partial charge in [0.25, 0.3) is 0 Å². The summed E-state index contributed by atoms with van der Waals surface area (Å²) in [7, 11) is 1.98. The molecule has 0 amide bonds. The summed E-state index contributed by atoms with van der Waals surface area (Å²) in [6, 6.07) is 7.95. The zero-order valence-electron chi connectivity index (χ0n) is 11.8. The lowest BCUT2D eigenvalue weighted by Crippen LogP contribution is -2.39. The van der Waals surface area contributed by atoms with Crippen molar-refractivity contribution in [1.82, 2.24) is 4.90 Å². The number of ether oxygens (including phenoxy) is 1. The number of benzene rings is 1. The largest absolute Gasteiger partial charge is 0.464 e. The fourth-order valence-corrected chi connectivity index (χ4v) is 2.92. The summed E-state index contributed by atoms with van der Waals surface area (Å²) in [5.41, 5.74) is 1.43. The van der Waals surface area contributed by atoms with E-state index >= 15 is 0 Å². The van der Waals surface area contributed by atoms with E-state index in [-0.39, 0.29) is 11.9 Å². The molecule has 0 N–H and O–H groups in total. The Kier molecular flexibility index (Phi) is 3.59. The maximum atomic E-state index is 12.5. The van der Waals surface area contributed by atoms with Crippen molar-refractivity contribution in [3.05, 3.63) is 36.1 Å². The fraction of sp³-hybridized carbons (Fsp3) is 0.438. The van der Waals surface area contributed by atoms with E-state index in [1.54, 1.807) is 6.26 Å². The second-order valence-electron chi connectivity index (χ2n) is 5.42. The van der Waals surface area contributed by atoms with Crippen molar-refractivity contribution >= 4 is 16.8 Å². The number of furan rings is 1. The van der Waals surface area contributed by atoms with Gasteiger partial charge in [-0.15, -0.1) is 0 Å². The number of nitrogens with zero attached hydrogens (tertiary/aromatic N) is 1.